The van der Waals surface area contributed by atoms with Crippen LogP contribution in [0.2, 0.25) is 0 Å². The molecule has 0 atom stereocenters. The summed E-state index contributed by atoms with van der Waals surface area (Å²) in [6.45, 7) is 3.31. The van der Waals surface area contributed by atoms with Crippen molar-refractivity contribution >= 4 is 22.2 Å². The second kappa shape index (κ2) is 7.29. The van der Waals surface area contributed by atoms with Gasteiger partial charge in [0.2, 0.25) is 5.13 Å². The van der Waals surface area contributed by atoms with Crippen LogP contribution in [0.15, 0.2) is 48.5 Å². The second-order valence-corrected chi connectivity index (χ2v) is 7.28. The molecule has 1 N–H and O–H groups in total. The quantitative estimate of drug-likeness (QED) is 0.764. The maximum absolute atomic E-state index is 13.0. The standard InChI is InChI=1S/C19H19FN4OS/c20-15-7-5-14(6-8-15)13-18-21-22-19(26-18)24-11-9-23(10-12-24)16-3-1-2-4-17(16)25/h1-8,25H,9-13H2. The van der Waals surface area contributed by atoms with Gasteiger partial charge in [-0.05, 0) is 29.8 Å². The molecule has 7 heteroatoms. The van der Waals surface area contributed by atoms with Crippen LogP contribution in [0, 0.1) is 5.82 Å². The van der Waals surface area contributed by atoms with Gasteiger partial charge >= 0.3 is 0 Å². The summed E-state index contributed by atoms with van der Waals surface area (Å²) >= 11 is 1.58. The maximum atomic E-state index is 13.0. The molecule has 134 valence electrons. The first kappa shape index (κ1) is 16.8. The highest BCUT2D eigenvalue weighted by atomic mass is 32.1. The molecule has 2 aromatic carbocycles. The van der Waals surface area contributed by atoms with Gasteiger partial charge in [0.1, 0.15) is 16.6 Å². The average Bonchev–Trinajstić information content (AvgIpc) is 3.13. The van der Waals surface area contributed by atoms with Crippen LogP contribution in [-0.2, 0) is 6.42 Å². The fourth-order valence-corrected chi connectivity index (χ4v) is 4.02. The van der Waals surface area contributed by atoms with Crippen molar-refractivity contribution in [1.82, 2.24) is 10.2 Å². The number of rotatable bonds is 4. The summed E-state index contributed by atoms with van der Waals surface area (Å²) in [5, 5.41) is 20.5. The van der Waals surface area contributed by atoms with Crippen LogP contribution >= 0.6 is 11.3 Å². The molecule has 26 heavy (non-hydrogen) atoms. The van der Waals surface area contributed by atoms with Crippen molar-refractivity contribution in [2.75, 3.05) is 36.0 Å². The zero-order chi connectivity index (χ0) is 17.9. The van der Waals surface area contributed by atoms with E-state index in [2.05, 4.69) is 20.0 Å². The highest BCUT2D eigenvalue weighted by molar-refractivity contribution is 7.15. The van der Waals surface area contributed by atoms with Gasteiger partial charge in [0.25, 0.3) is 0 Å². The fraction of sp³-hybridized carbons (Fsp3) is 0.263. The number of para-hydroxylation sites is 2. The van der Waals surface area contributed by atoms with Crippen LogP contribution in [0.3, 0.4) is 0 Å². The lowest BCUT2D eigenvalue weighted by Crippen LogP contribution is -2.46. The molecular weight excluding hydrogens is 351 g/mol. The summed E-state index contributed by atoms with van der Waals surface area (Å²) in [4.78, 5) is 4.41. The number of halogens is 1. The topological polar surface area (TPSA) is 52.5 Å². The van der Waals surface area contributed by atoms with E-state index in [1.54, 1.807) is 29.5 Å². The van der Waals surface area contributed by atoms with Gasteiger partial charge in [-0.3, -0.25) is 0 Å². The lowest BCUT2D eigenvalue weighted by molar-refractivity contribution is 0.472. The average molecular weight is 370 g/mol. The van der Waals surface area contributed by atoms with Gasteiger partial charge in [-0.1, -0.05) is 35.6 Å². The van der Waals surface area contributed by atoms with Gasteiger partial charge < -0.3 is 14.9 Å². The summed E-state index contributed by atoms with van der Waals surface area (Å²) in [5.41, 5.74) is 1.90. The van der Waals surface area contributed by atoms with Crippen molar-refractivity contribution < 1.29 is 9.50 Å². The molecule has 0 radical (unpaired) electrons. The van der Waals surface area contributed by atoms with Crippen molar-refractivity contribution in [3.05, 3.63) is 64.9 Å². The Hall–Kier alpha value is -2.67. The predicted molar refractivity (Wildman–Crippen MR) is 102 cm³/mol. The minimum Gasteiger partial charge on any atom is -0.506 e. The Balaban J connectivity index is 1.38. The van der Waals surface area contributed by atoms with Gasteiger partial charge in [-0.2, -0.15) is 0 Å². The minimum absolute atomic E-state index is 0.228. The molecule has 0 saturated carbocycles. The molecule has 0 aliphatic carbocycles. The van der Waals surface area contributed by atoms with Crippen LogP contribution in [0.5, 0.6) is 5.75 Å². The van der Waals surface area contributed by atoms with E-state index in [-0.39, 0.29) is 5.82 Å². The molecule has 0 bridgehead atoms. The minimum atomic E-state index is -0.228. The highest BCUT2D eigenvalue weighted by Crippen LogP contribution is 2.29. The zero-order valence-electron chi connectivity index (χ0n) is 14.2. The van der Waals surface area contributed by atoms with Crippen LogP contribution in [0.4, 0.5) is 15.2 Å². The third-order valence-electron chi connectivity index (χ3n) is 4.50. The van der Waals surface area contributed by atoms with E-state index in [9.17, 15) is 9.50 Å². The van der Waals surface area contributed by atoms with Crippen LogP contribution in [-0.4, -0.2) is 41.5 Å². The number of hydrogen-bond donors (Lipinski definition) is 1. The molecule has 1 aliphatic rings. The number of phenols is 1. The van der Waals surface area contributed by atoms with Crippen LogP contribution in [0.1, 0.15) is 10.6 Å². The van der Waals surface area contributed by atoms with Gasteiger partial charge in [0, 0.05) is 32.6 Å². The second-order valence-electron chi connectivity index (χ2n) is 6.24. The summed E-state index contributed by atoms with van der Waals surface area (Å²) in [6, 6.07) is 13.9. The molecule has 3 aromatic rings. The molecule has 0 spiro atoms. The van der Waals surface area contributed by atoms with Crippen molar-refractivity contribution in [1.29, 1.82) is 0 Å². The van der Waals surface area contributed by atoms with E-state index in [1.807, 2.05) is 18.2 Å². The number of anilines is 2. The Morgan fingerprint density at radius 2 is 1.62 bits per heavy atom. The van der Waals surface area contributed by atoms with Gasteiger partial charge in [-0.15, -0.1) is 10.2 Å². The predicted octanol–water partition coefficient (Wildman–Crippen LogP) is 3.30. The molecule has 1 saturated heterocycles. The first-order valence-corrected chi connectivity index (χ1v) is 9.35. The Bertz CT molecular complexity index is 875. The lowest BCUT2D eigenvalue weighted by atomic mass is 10.2. The monoisotopic (exact) mass is 370 g/mol. The van der Waals surface area contributed by atoms with E-state index in [4.69, 9.17) is 0 Å². The highest BCUT2D eigenvalue weighted by Gasteiger charge is 2.21. The lowest BCUT2D eigenvalue weighted by Gasteiger charge is -2.35. The number of piperazine rings is 1. The van der Waals surface area contributed by atoms with E-state index in [0.29, 0.717) is 12.2 Å². The van der Waals surface area contributed by atoms with E-state index < -0.39 is 0 Å². The molecule has 0 unspecified atom stereocenters. The number of phenolic OH excluding ortho intramolecular Hbond substituents is 1. The molecule has 0 amide bonds. The third kappa shape index (κ3) is 3.62. The Morgan fingerprint density at radius 3 is 2.35 bits per heavy atom. The molecule has 4 rings (SSSR count). The fourth-order valence-electron chi connectivity index (χ4n) is 3.09. The van der Waals surface area contributed by atoms with E-state index in [1.165, 1.54) is 12.1 Å². The number of hydrogen-bond acceptors (Lipinski definition) is 6. The van der Waals surface area contributed by atoms with Crippen molar-refractivity contribution in [3.63, 3.8) is 0 Å². The van der Waals surface area contributed by atoms with Crippen LogP contribution in [0.25, 0.3) is 0 Å². The molecule has 2 heterocycles. The van der Waals surface area contributed by atoms with Crippen molar-refractivity contribution in [2.45, 2.75) is 6.42 Å². The summed E-state index contributed by atoms with van der Waals surface area (Å²) in [7, 11) is 0. The first-order valence-electron chi connectivity index (χ1n) is 8.54. The molecule has 1 fully saturated rings. The largest absolute Gasteiger partial charge is 0.506 e. The third-order valence-corrected chi connectivity index (χ3v) is 5.48. The maximum Gasteiger partial charge on any atom is 0.208 e. The van der Waals surface area contributed by atoms with Crippen molar-refractivity contribution in [3.8, 4) is 5.75 Å². The zero-order valence-corrected chi connectivity index (χ0v) is 15.0. The molecule has 1 aliphatic heterocycles. The normalized spacial score (nSPS) is 14.7. The molecule has 5 nitrogen and oxygen atoms in total. The number of aromatic hydroxyl groups is 1. The van der Waals surface area contributed by atoms with Gasteiger partial charge in [0.15, 0.2) is 0 Å². The van der Waals surface area contributed by atoms with Gasteiger partial charge in [0.05, 0.1) is 5.69 Å². The summed E-state index contributed by atoms with van der Waals surface area (Å²) in [6.07, 6.45) is 0.662. The first-order chi connectivity index (χ1) is 12.7. The Morgan fingerprint density at radius 1 is 0.923 bits per heavy atom. The number of benzene rings is 2. The van der Waals surface area contributed by atoms with Gasteiger partial charge in [-0.25, -0.2) is 4.39 Å². The SMILES string of the molecule is Oc1ccccc1N1CCN(c2nnc(Cc3ccc(F)cc3)s2)CC1. The van der Waals surface area contributed by atoms with E-state index in [0.717, 1.165) is 47.6 Å². The van der Waals surface area contributed by atoms with E-state index >= 15 is 0 Å². The summed E-state index contributed by atoms with van der Waals surface area (Å²) < 4.78 is 13.0. The van der Waals surface area contributed by atoms with Crippen LogP contribution < -0.4 is 9.80 Å². The number of nitrogens with zero attached hydrogens (tertiary/aromatic N) is 4. The Kier molecular flexibility index (Phi) is 4.71. The summed E-state index contributed by atoms with van der Waals surface area (Å²) in [5.74, 6) is 0.0903. The molecule has 1 aromatic heterocycles. The smallest absolute Gasteiger partial charge is 0.208 e. The molecular formula is C19H19FN4OS. The van der Waals surface area contributed by atoms with Crippen molar-refractivity contribution in [2.24, 2.45) is 0 Å². The Labute approximate surface area is 155 Å². The number of aromatic nitrogens is 2.